The summed E-state index contributed by atoms with van der Waals surface area (Å²) in [5, 5.41) is 4.70. The predicted molar refractivity (Wildman–Crippen MR) is 135 cm³/mol. The van der Waals surface area contributed by atoms with Crippen LogP contribution in [0.2, 0.25) is 0 Å². The van der Waals surface area contributed by atoms with Crippen LogP contribution in [0.15, 0.2) is 18.2 Å². The van der Waals surface area contributed by atoms with Gasteiger partial charge in [-0.25, -0.2) is 0 Å². The van der Waals surface area contributed by atoms with Gasteiger partial charge in [-0.1, -0.05) is 0 Å². The van der Waals surface area contributed by atoms with Crippen molar-refractivity contribution < 1.29 is 19.1 Å². The SMILES string of the molecule is C[C@@H]1CN(C(=O)c2nn(CC(=O)N3CCN(c4ccc5c(c4)CCO5)CC3)c3c2CCC3)C[C@H](C)O1. The zero-order chi connectivity index (χ0) is 24.8. The molecule has 3 aliphatic heterocycles. The van der Waals surface area contributed by atoms with Crippen LogP contribution in [-0.2, 0) is 35.3 Å². The molecule has 2 amide bonds. The van der Waals surface area contributed by atoms with Gasteiger partial charge in [0.25, 0.3) is 5.91 Å². The molecule has 0 saturated carbocycles. The van der Waals surface area contributed by atoms with E-state index in [1.807, 2.05) is 23.6 Å². The summed E-state index contributed by atoms with van der Waals surface area (Å²) in [6.07, 6.45) is 3.71. The van der Waals surface area contributed by atoms with E-state index in [0.717, 1.165) is 62.4 Å². The average molecular weight is 494 g/mol. The van der Waals surface area contributed by atoms with Gasteiger partial charge in [-0.15, -0.1) is 0 Å². The molecular weight excluding hydrogens is 458 g/mol. The Balaban J connectivity index is 1.11. The summed E-state index contributed by atoms with van der Waals surface area (Å²) in [7, 11) is 0. The molecule has 192 valence electrons. The van der Waals surface area contributed by atoms with Gasteiger partial charge in [0, 0.05) is 62.6 Å². The van der Waals surface area contributed by atoms with Crippen molar-refractivity contribution in [3.63, 3.8) is 0 Å². The molecule has 0 N–H and O–H groups in total. The monoisotopic (exact) mass is 493 g/mol. The van der Waals surface area contributed by atoms with Crippen LogP contribution < -0.4 is 9.64 Å². The van der Waals surface area contributed by atoms with Crippen LogP contribution in [0.4, 0.5) is 5.69 Å². The number of carbonyl (C=O) groups excluding carboxylic acids is 2. The summed E-state index contributed by atoms with van der Waals surface area (Å²) in [6.45, 7) is 9.08. The van der Waals surface area contributed by atoms with E-state index in [0.29, 0.717) is 31.9 Å². The summed E-state index contributed by atoms with van der Waals surface area (Å²) in [5.41, 5.74) is 5.09. The number of fused-ring (bicyclic) bond motifs is 2. The van der Waals surface area contributed by atoms with E-state index in [1.165, 1.54) is 11.3 Å². The molecule has 0 radical (unpaired) electrons. The molecule has 36 heavy (non-hydrogen) atoms. The topological polar surface area (TPSA) is 80.1 Å². The first-order valence-corrected chi connectivity index (χ1v) is 13.3. The van der Waals surface area contributed by atoms with Crippen molar-refractivity contribution in [2.24, 2.45) is 0 Å². The van der Waals surface area contributed by atoms with Crippen LogP contribution in [0.25, 0.3) is 0 Å². The lowest BCUT2D eigenvalue weighted by molar-refractivity contribution is -0.132. The van der Waals surface area contributed by atoms with Crippen molar-refractivity contribution >= 4 is 17.5 Å². The Labute approximate surface area is 211 Å². The lowest BCUT2D eigenvalue weighted by atomic mass is 10.1. The molecule has 0 spiro atoms. The summed E-state index contributed by atoms with van der Waals surface area (Å²) >= 11 is 0. The zero-order valence-electron chi connectivity index (χ0n) is 21.2. The maximum Gasteiger partial charge on any atom is 0.274 e. The van der Waals surface area contributed by atoms with Gasteiger partial charge >= 0.3 is 0 Å². The van der Waals surface area contributed by atoms with E-state index in [1.54, 1.807) is 4.68 Å². The number of anilines is 1. The van der Waals surface area contributed by atoms with Gasteiger partial charge in [-0.05, 0) is 56.9 Å². The fourth-order valence-corrected chi connectivity index (χ4v) is 6.12. The van der Waals surface area contributed by atoms with E-state index in [-0.39, 0.29) is 30.6 Å². The molecule has 1 aromatic heterocycles. The van der Waals surface area contributed by atoms with Crippen molar-refractivity contribution in [3.05, 3.63) is 40.7 Å². The Morgan fingerprint density at radius 3 is 2.56 bits per heavy atom. The third-order valence-electron chi connectivity index (χ3n) is 7.87. The van der Waals surface area contributed by atoms with Crippen LogP contribution in [0.1, 0.15) is 47.6 Å². The van der Waals surface area contributed by atoms with E-state index < -0.39 is 0 Å². The number of aromatic nitrogens is 2. The number of benzene rings is 1. The molecule has 4 heterocycles. The van der Waals surface area contributed by atoms with Crippen LogP contribution in [0.3, 0.4) is 0 Å². The second-order valence-electron chi connectivity index (χ2n) is 10.5. The van der Waals surface area contributed by atoms with Gasteiger partial charge in [0.2, 0.25) is 5.91 Å². The van der Waals surface area contributed by atoms with Crippen LogP contribution in [0.5, 0.6) is 5.75 Å². The molecule has 2 aromatic rings. The van der Waals surface area contributed by atoms with Gasteiger partial charge in [-0.3, -0.25) is 14.3 Å². The lowest BCUT2D eigenvalue weighted by Gasteiger charge is -2.36. The van der Waals surface area contributed by atoms with Crippen molar-refractivity contribution in [3.8, 4) is 5.75 Å². The zero-order valence-corrected chi connectivity index (χ0v) is 21.2. The minimum atomic E-state index is -0.0327. The Bertz CT molecular complexity index is 1160. The molecular formula is C27H35N5O4. The highest BCUT2D eigenvalue weighted by molar-refractivity contribution is 5.94. The van der Waals surface area contributed by atoms with E-state index in [4.69, 9.17) is 14.6 Å². The molecule has 2 saturated heterocycles. The highest BCUT2D eigenvalue weighted by Gasteiger charge is 2.33. The number of piperazine rings is 1. The van der Waals surface area contributed by atoms with Crippen molar-refractivity contribution in [1.82, 2.24) is 19.6 Å². The second-order valence-corrected chi connectivity index (χ2v) is 10.5. The van der Waals surface area contributed by atoms with Crippen LogP contribution >= 0.6 is 0 Å². The second kappa shape index (κ2) is 9.42. The largest absolute Gasteiger partial charge is 0.493 e. The summed E-state index contributed by atoms with van der Waals surface area (Å²) in [6, 6.07) is 6.40. The first-order chi connectivity index (χ1) is 17.5. The number of rotatable bonds is 4. The van der Waals surface area contributed by atoms with E-state index in [9.17, 15) is 9.59 Å². The van der Waals surface area contributed by atoms with E-state index >= 15 is 0 Å². The number of amides is 2. The van der Waals surface area contributed by atoms with Crippen LogP contribution in [-0.4, -0.2) is 89.5 Å². The maximum absolute atomic E-state index is 13.4. The van der Waals surface area contributed by atoms with Crippen LogP contribution in [0, 0.1) is 0 Å². The Hall–Kier alpha value is -3.07. The molecule has 9 heteroatoms. The summed E-state index contributed by atoms with van der Waals surface area (Å²) < 4.78 is 13.2. The number of hydrogen-bond acceptors (Lipinski definition) is 6. The third kappa shape index (κ3) is 4.34. The first-order valence-electron chi connectivity index (χ1n) is 13.3. The van der Waals surface area contributed by atoms with Crippen molar-refractivity contribution in [2.45, 2.75) is 58.3 Å². The maximum atomic E-state index is 13.4. The van der Waals surface area contributed by atoms with Gasteiger partial charge in [0.15, 0.2) is 5.69 Å². The third-order valence-corrected chi connectivity index (χ3v) is 7.87. The molecule has 1 aliphatic carbocycles. The average Bonchev–Trinajstić information content (AvgIpc) is 3.60. The van der Waals surface area contributed by atoms with Crippen molar-refractivity contribution in [2.75, 3.05) is 50.8 Å². The van der Waals surface area contributed by atoms with Gasteiger partial charge in [-0.2, -0.15) is 5.10 Å². The van der Waals surface area contributed by atoms with E-state index in [2.05, 4.69) is 23.1 Å². The minimum absolute atomic E-state index is 0.0122. The number of carbonyl (C=O) groups is 2. The van der Waals surface area contributed by atoms with Crippen molar-refractivity contribution in [1.29, 1.82) is 0 Å². The quantitative estimate of drug-likeness (QED) is 0.648. The molecule has 1 aromatic carbocycles. The molecule has 0 bridgehead atoms. The highest BCUT2D eigenvalue weighted by Crippen LogP contribution is 2.30. The minimum Gasteiger partial charge on any atom is -0.493 e. The smallest absolute Gasteiger partial charge is 0.274 e. The number of hydrogen-bond donors (Lipinski definition) is 0. The Morgan fingerprint density at radius 1 is 1.00 bits per heavy atom. The number of morpholine rings is 1. The fourth-order valence-electron chi connectivity index (χ4n) is 6.12. The van der Waals surface area contributed by atoms with Gasteiger partial charge in [0.1, 0.15) is 12.3 Å². The standard InChI is InChI=1S/C27H35N5O4/c1-18-15-31(16-19(2)36-18)27(34)26-22-4-3-5-23(22)32(28-26)17-25(33)30-11-9-29(10-12-30)21-6-7-24-20(14-21)8-13-35-24/h6-7,14,18-19H,3-5,8-13,15-17H2,1-2H3/t18-,19+. The van der Waals surface area contributed by atoms with Gasteiger partial charge < -0.3 is 24.2 Å². The molecule has 6 rings (SSSR count). The molecule has 9 nitrogen and oxygen atoms in total. The first kappa shape index (κ1) is 23.3. The predicted octanol–water partition coefficient (Wildman–Crippen LogP) is 1.90. The fraction of sp³-hybridized carbons (Fsp3) is 0.593. The molecule has 0 unspecified atom stereocenters. The Morgan fingerprint density at radius 2 is 1.78 bits per heavy atom. The number of nitrogens with zero attached hydrogens (tertiary/aromatic N) is 5. The number of ether oxygens (including phenoxy) is 2. The molecule has 2 fully saturated rings. The lowest BCUT2D eigenvalue weighted by Crippen LogP contribution is -2.49. The normalized spacial score (nSPS) is 23.4. The summed E-state index contributed by atoms with van der Waals surface area (Å²) in [4.78, 5) is 32.8. The Kier molecular flexibility index (Phi) is 6.11. The molecule has 4 aliphatic rings. The highest BCUT2D eigenvalue weighted by atomic mass is 16.5. The summed E-state index contributed by atoms with van der Waals surface area (Å²) in [5.74, 6) is 1.03. The molecule has 2 atom stereocenters. The van der Waals surface area contributed by atoms with Gasteiger partial charge in [0.05, 0.1) is 18.8 Å².